The summed E-state index contributed by atoms with van der Waals surface area (Å²) in [5, 5.41) is 15.0. The lowest BCUT2D eigenvalue weighted by Gasteiger charge is -2.36. The van der Waals surface area contributed by atoms with Crippen LogP contribution in [0.4, 0.5) is 5.69 Å². The molecule has 2 aromatic carbocycles. The fourth-order valence-electron chi connectivity index (χ4n) is 5.40. The van der Waals surface area contributed by atoms with Crippen molar-refractivity contribution in [3.63, 3.8) is 0 Å². The van der Waals surface area contributed by atoms with Crippen LogP contribution in [-0.2, 0) is 25.6 Å². The molecule has 0 saturated carbocycles. The number of dihydropyridines is 1. The number of para-hydroxylation sites is 1. The van der Waals surface area contributed by atoms with Gasteiger partial charge in [-0.1, -0.05) is 62.4 Å². The van der Waals surface area contributed by atoms with Crippen molar-refractivity contribution >= 4 is 17.6 Å². The molecule has 1 unspecified atom stereocenters. The van der Waals surface area contributed by atoms with Crippen LogP contribution in [0, 0.1) is 15.5 Å². The van der Waals surface area contributed by atoms with Gasteiger partial charge in [0.25, 0.3) is 5.69 Å². The van der Waals surface area contributed by atoms with E-state index in [-0.39, 0.29) is 34.4 Å². The van der Waals surface area contributed by atoms with Crippen molar-refractivity contribution in [1.82, 2.24) is 10.2 Å². The molecule has 9 heteroatoms. The molecule has 40 heavy (non-hydrogen) atoms. The van der Waals surface area contributed by atoms with Gasteiger partial charge in [-0.2, -0.15) is 0 Å². The monoisotopic (exact) mass is 549 g/mol. The molecule has 0 spiro atoms. The summed E-state index contributed by atoms with van der Waals surface area (Å²) < 4.78 is 11.0. The second-order valence-electron chi connectivity index (χ2n) is 10.4. The third-order valence-corrected chi connectivity index (χ3v) is 7.74. The summed E-state index contributed by atoms with van der Waals surface area (Å²) in [5.41, 5.74) is 2.14. The van der Waals surface area contributed by atoms with Gasteiger partial charge in [0.2, 0.25) is 0 Å². The average Bonchev–Trinajstić information content (AvgIpc) is 2.94. The van der Waals surface area contributed by atoms with Crippen molar-refractivity contribution in [2.75, 3.05) is 27.3 Å². The fraction of sp³-hybridized carbons (Fsp3) is 0.419. The lowest BCUT2D eigenvalue weighted by Crippen LogP contribution is -2.40. The van der Waals surface area contributed by atoms with E-state index in [4.69, 9.17) is 9.47 Å². The third-order valence-electron chi connectivity index (χ3n) is 7.74. The number of nitrogens with one attached hydrogen (secondary N) is 1. The lowest BCUT2D eigenvalue weighted by molar-refractivity contribution is -0.385. The Balaban J connectivity index is 1.93. The highest BCUT2D eigenvalue weighted by atomic mass is 16.6. The third kappa shape index (κ3) is 6.77. The first kappa shape index (κ1) is 30.6. The predicted molar refractivity (Wildman–Crippen MR) is 153 cm³/mol. The van der Waals surface area contributed by atoms with Gasteiger partial charge in [-0.3, -0.25) is 10.1 Å². The number of hydrogen-bond acceptors (Lipinski definition) is 8. The summed E-state index contributed by atoms with van der Waals surface area (Å²) >= 11 is 0. The Morgan fingerprint density at radius 1 is 0.975 bits per heavy atom. The number of nitro groups is 1. The first-order chi connectivity index (χ1) is 19.1. The van der Waals surface area contributed by atoms with Gasteiger partial charge in [-0.25, -0.2) is 9.59 Å². The zero-order valence-corrected chi connectivity index (χ0v) is 24.2. The van der Waals surface area contributed by atoms with Gasteiger partial charge in [0.15, 0.2) is 0 Å². The Bertz CT molecular complexity index is 1300. The number of carbonyl (C=O) groups is 2. The van der Waals surface area contributed by atoms with E-state index in [0.717, 1.165) is 19.4 Å². The Labute approximate surface area is 236 Å². The van der Waals surface area contributed by atoms with Crippen molar-refractivity contribution in [3.8, 4) is 0 Å². The van der Waals surface area contributed by atoms with E-state index in [9.17, 15) is 19.7 Å². The molecule has 1 N–H and O–H groups in total. The molecule has 3 rings (SSSR count). The number of esters is 2. The summed E-state index contributed by atoms with van der Waals surface area (Å²) in [4.78, 5) is 40.4. The van der Waals surface area contributed by atoms with Crippen LogP contribution in [0.25, 0.3) is 0 Å². The number of allylic oxidation sites excluding steroid dienone is 2. The van der Waals surface area contributed by atoms with Crippen molar-refractivity contribution in [2.24, 2.45) is 5.41 Å². The number of hydrogen-bond donors (Lipinski definition) is 1. The Kier molecular flexibility index (Phi) is 10.2. The summed E-state index contributed by atoms with van der Waals surface area (Å²) in [6.07, 6.45) is 1.57. The van der Waals surface area contributed by atoms with Crippen molar-refractivity contribution in [1.29, 1.82) is 0 Å². The maximum Gasteiger partial charge on any atom is 0.336 e. The van der Waals surface area contributed by atoms with Gasteiger partial charge in [-0.15, -0.1) is 0 Å². The van der Waals surface area contributed by atoms with E-state index in [1.54, 1.807) is 32.0 Å². The maximum atomic E-state index is 13.8. The number of methoxy groups -OCH3 is 1. The number of nitro benzene ring substituents is 1. The van der Waals surface area contributed by atoms with Crippen LogP contribution in [0.15, 0.2) is 77.1 Å². The van der Waals surface area contributed by atoms with Crippen LogP contribution < -0.4 is 5.32 Å². The van der Waals surface area contributed by atoms with Gasteiger partial charge >= 0.3 is 11.9 Å². The molecule has 9 nitrogen and oxygen atoms in total. The highest BCUT2D eigenvalue weighted by Gasteiger charge is 2.41. The van der Waals surface area contributed by atoms with Crippen LogP contribution in [0.5, 0.6) is 0 Å². The number of ether oxygens (including phenoxy) is 2. The maximum absolute atomic E-state index is 13.8. The van der Waals surface area contributed by atoms with E-state index in [0.29, 0.717) is 17.9 Å². The number of benzene rings is 2. The zero-order valence-electron chi connectivity index (χ0n) is 24.2. The highest BCUT2D eigenvalue weighted by molar-refractivity contribution is 6.00. The van der Waals surface area contributed by atoms with Crippen molar-refractivity contribution in [3.05, 3.63) is 98.4 Å². The molecule has 2 aromatic rings. The van der Waals surface area contributed by atoms with Crippen LogP contribution in [0.3, 0.4) is 0 Å². The molecule has 0 amide bonds. The van der Waals surface area contributed by atoms with Gasteiger partial charge < -0.3 is 19.7 Å². The molecule has 0 aliphatic carbocycles. The van der Waals surface area contributed by atoms with Crippen LogP contribution in [0.1, 0.15) is 57.6 Å². The number of rotatable bonds is 12. The summed E-state index contributed by atoms with van der Waals surface area (Å²) in [6, 6.07) is 16.3. The molecule has 1 atom stereocenters. The van der Waals surface area contributed by atoms with Gasteiger partial charge in [0.1, 0.15) is 0 Å². The molecule has 1 aliphatic heterocycles. The predicted octanol–water partition coefficient (Wildman–Crippen LogP) is 5.48. The zero-order chi connectivity index (χ0) is 29.4. The topological polar surface area (TPSA) is 111 Å². The van der Waals surface area contributed by atoms with Crippen LogP contribution >= 0.6 is 0 Å². The van der Waals surface area contributed by atoms with Crippen LogP contribution in [0.2, 0.25) is 0 Å². The number of carbonyl (C=O) groups excluding carboxylic acids is 2. The lowest BCUT2D eigenvalue weighted by atomic mass is 9.79. The van der Waals surface area contributed by atoms with Gasteiger partial charge in [0, 0.05) is 41.5 Å². The molecular formula is C31H39N3O6. The molecule has 0 radical (unpaired) electrons. The molecule has 214 valence electrons. The smallest absolute Gasteiger partial charge is 0.336 e. The van der Waals surface area contributed by atoms with E-state index < -0.39 is 22.8 Å². The molecule has 0 fully saturated rings. The largest absolute Gasteiger partial charge is 0.466 e. The second-order valence-corrected chi connectivity index (χ2v) is 10.4. The molecule has 1 heterocycles. The Hall–Kier alpha value is -3.98. The Morgan fingerprint density at radius 2 is 1.55 bits per heavy atom. The molecule has 0 aromatic heterocycles. The molecule has 0 bridgehead atoms. The quantitative estimate of drug-likeness (QED) is 0.210. The molecule has 0 saturated heterocycles. The molecular weight excluding hydrogens is 510 g/mol. The first-order valence-corrected chi connectivity index (χ1v) is 13.5. The second kappa shape index (κ2) is 13.4. The first-order valence-electron chi connectivity index (χ1n) is 13.5. The summed E-state index contributed by atoms with van der Waals surface area (Å²) in [7, 11) is 3.29. The minimum absolute atomic E-state index is 0.134. The summed E-state index contributed by atoms with van der Waals surface area (Å²) in [6.45, 7) is 9.18. The van der Waals surface area contributed by atoms with E-state index in [1.165, 1.54) is 18.7 Å². The summed E-state index contributed by atoms with van der Waals surface area (Å²) in [5.74, 6) is -2.33. The van der Waals surface area contributed by atoms with Gasteiger partial charge in [0.05, 0.1) is 35.7 Å². The van der Waals surface area contributed by atoms with E-state index in [1.807, 2.05) is 25.2 Å². The van der Waals surface area contributed by atoms with Crippen molar-refractivity contribution < 1.29 is 24.0 Å². The van der Waals surface area contributed by atoms with Crippen molar-refractivity contribution in [2.45, 2.75) is 53.0 Å². The molecule has 1 aliphatic rings. The van der Waals surface area contributed by atoms with E-state index >= 15 is 0 Å². The van der Waals surface area contributed by atoms with Gasteiger partial charge in [-0.05, 0) is 39.3 Å². The minimum atomic E-state index is -1.03. The van der Waals surface area contributed by atoms with Crippen LogP contribution in [-0.4, -0.2) is 49.1 Å². The normalized spacial score (nSPS) is 15.6. The minimum Gasteiger partial charge on any atom is -0.466 e. The standard InChI is InChI=1S/C31H39N3O6/c1-7-31(8-2,19-33(5)18-23-14-10-9-11-15-23)20-40-30(36)27-22(4)32-21(3)26(29(35)39-6)28(27)24-16-12-13-17-25(24)34(37)38/h9-17,28,32H,7-8,18-20H2,1-6H3. The highest BCUT2D eigenvalue weighted by Crippen LogP contribution is 2.43. The van der Waals surface area contributed by atoms with E-state index in [2.05, 4.69) is 36.2 Å². The fourth-order valence-corrected chi connectivity index (χ4v) is 5.40. The average molecular weight is 550 g/mol. The number of nitrogens with zero attached hydrogens (tertiary/aromatic N) is 2. The Morgan fingerprint density at radius 3 is 2.12 bits per heavy atom. The SMILES string of the molecule is CCC(CC)(COC(=O)C1=C(C)NC(C)=C(C(=O)OC)C1c1ccccc1[N+](=O)[O-])CN(C)Cc1ccccc1.